The second kappa shape index (κ2) is 6.38. The van der Waals surface area contributed by atoms with Crippen LogP contribution in [0.2, 0.25) is 0 Å². The number of hydrogen-bond acceptors (Lipinski definition) is 3. The van der Waals surface area contributed by atoms with Crippen molar-refractivity contribution in [2.24, 2.45) is 0 Å². The zero-order chi connectivity index (χ0) is 10.4. The molecule has 1 saturated heterocycles. The average molecular weight is 200 g/mol. The molecule has 3 nitrogen and oxygen atoms in total. The topological polar surface area (TPSA) is 24.5 Å². The van der Waals surface area contributed by atoms with Crippen LogP contribution in [0.25, 0.3) is 0 Å². The minimum atomic E-state index is 0.491. The van der Waals surface area contributed by atoms with Gasteiger partial charge in [-0.15, -0.1) is 0 Å². The van der Waals surface area contributed by atoms with E-state index in [-0.39, 0.29) is 0 Å². The number of hydrogen-bond donors (Lipinski definition) is 1. The van der Waals surface area contributed by atoms with Crippen molar-refractivity contribution in [1.29, 1.82) is 0 Å². The Hall–Kier alpha value is -0.120. The van der Waals surface area contributed by atoms with Crippen LogP contribution in [-0.2, 0) is 4.74 Å². The highest BCUT2D eigenvalue weighted by molar-refractivity contribution is 4.77. The van der Waals surface area contributed by atoms with Crippen molar-refractivity contribution in [1.82, 2.24) is 10.2 Å². The fourth-order valence-corrected chi connectivity index (χ4v) is 2.02. The molecule has 0 amide bonds. The van der Waals surface area contributed by atoms with Crippen LogP contribution in [0.15, 0.2) is 0 Å². The summed E-state index contributed by atoms with van der Waals surface area (Å²) in [6.07, 6.45) is 4.04. The summed E-state index contributed by atoms with van der Waals surface area (Å²) in [4.78, 5) is 2.46. The summed E-state index contributed by atoms with van der Waals surface area (Å²) in [7, 11) is 4.23. The summed E-state index contributed by atoms with van der Waals surface area (Å²) in [6.45, 7) is 5.36. The summed E-state index contributed by atoms with van der Waals surface area (Å²) in [5.74, 6) is 0. The molecule has 0 spiro atoms. The molecule has 1 heterocycles. The van der Waals surface area contributed by atoms with Crippen LogP contribution < -0.4 is 5.32 Å². The van der Waals surface area contributed by atoms with Crippen LogP contribution in [0.1, 0.15) is 26.2 Å². The lowest BCUT2D eigenvalue weighted by Crippen LogP contribution is -2.42. The molecule has 0 bridgehead atoms. The number of ether oxygens (including phenoxy) is 1. The van der Waals surface area contributed by atoms with Gasteiger partial charge in [-0.3, -0.25) is 0 Å². The maximum atomic E-state index is 5.67. The highest BCUT2D eigenvalue weighted by atomic mass is 16.5. The molecule has 84 valence electrons. The van der Waals surface area contributed by atoms with E-state index < -0.39 is 0 Å². The van der Waals surface area contributed by atoms with E-state index in [2.05, 4.69) is 24.2 Å². The maximum absolute atomic E-state index is 5.67. The SMILES string of the molecule is CCC1CC(N(C)CCNC)CCO1. The first-order valence-electron chi connectivity index (χ1n) is 5.74. The van der Waals surface area contributed by atoms with Crippen LogP contribution in [0.4, 0.5) is 0 Å². The molecule has 2 unspecified atom stereocenters. The first-order valence-corrected chi connectivity index (χ1v) is 5.74. The Bertz CT molecular complexity index is 152. The van der Waals surface area contributed by atoms with E-state index in [1.807, 2.05) is 7.05 Å². The standard InChI is InChI=1S/C11H24N2O/c1-4-11-9-10(5-8-14-11)13(3)7-6-12-2/h10-12H,4-9H2,1-3H3. The highest BCUT2D eigenvalue weighted by Gasteiger charge is 2.23. The quantitative estimate of drug-likeness (QED) is 0.719. The molecule has 1 aliphatic rings. The molecule has 3 heteroatoms. The first-order chi connectivity index (χ1) is 6.77. The lowest BCUT2D eigenvalue weighted by molar-refractivity contribution is -0.0228. The summed E-state index contributed by atoms with van der Waals surface area (Å²) >= 11 is 0. The third-order valence-electron chi connectivity index (χ3n) is 3.13. The predicted octanol–water partition coefficient (Wildman–Crippen LogP) is 1.10. The molecule has 1 fully saturated rings. The molecular weight excluding hydrogens is 176 g/mol. The van der Waals surface area contributed by atoms with Gasteiger partial charge in [0.25, 0.3) is 0 Å². The molecule has 14 heavy (non-hydrogen) atoms. The van der Waals surface area contributed by atoms with Crippen molar-refractivity contribution in [2.75, 3.05) is 33.8 Å². The van der Waals surface area contributed by atoms with Gasteiger partial charge in [-0.1, -0.05) is 6.92 Å². The highest BCUT2D eigenvalue weighted by Crippen LogP contribution is 2.19. The van der Waals surface area contributed by atoms with Crippen molar-refractivity contribution in [2.45, 2.75) is 38.3 Å². The van der Waals surface area contributed by atoms with Gasteiger partial charge in [0.1, 0.15) is 0 Å². The van der Waals surface area contributed by atoms with E-state index >= 15 is 0 Å². The van der Waals surface area contributed by atoms with E-state index in [4.69, 9.17) is 4.74 Å². The van der Waals surface area contributed by atoms with Crippen molar-refractivity contribution in [3.05, 3.63) is 0 Å². The summed E-state index contributed by atoms with van der Waals surface area (Å²) in [5, 5.41) is 3.19. The number of likely N-dealkylation sites (N-methyl/N-ethyl adjacent to an activating group) is 2. The molecule has 1 N–H and O–H groups in total. The van der Waals surface area contributed by atoms with Crippen LogP contribution in [-0.4, -0.2) is 50.8 Å². The van der Waals surface area contributed by atoms with Gasteiger partial charge in [-0.05, 0) is 33.4 Å². The number of nitrogens with zero attached hydrogens (tertiary/aromatic N) is 1. The summed E-state index contributed by atoms with van der Waals surface area (Å²) in [5.41, 5.74) is 0. The Morgan fingerprint density at radius 3 is 2.93 bits per heavy atom. The van der Waals surface area contributed by atoms with E-state index in [1.54, 1.807) is 0 Å². The van der Waals surface area contributed by atoms with Crippen molar-refractivity contribution >= 4 is 0 Å². The predicted molar refractivity (Wildman–Crippen MR) is 59.6 cm³/mol. The van der Waals surface area contributed by atoms with Crippen LogP contribution >= 0.6 is 0 Å². The van der Waals surface area contributed by atoms with Crippen molar-refractivity contribution in [3.63, 3.8) is 0 Å². The van der Waals surface area contributed by atoms with E-state index in [9.17, 15) is 0 Å². The van der Waals surface area contributed by atoms with Crippen LogP contribution in [0.5, 0.6) is 0 Å². The summed E-state index contributed by atoms with van der Waals surface area (Å²) in [6, 6.07) is 0.724. The fraction of sp³-hybridized carbons (Fsp3) is 1.00. The molecule has 0 radical (unpaired) electrons. The first kappa shape index (κ1) is 12.0. The molecule has 1 aliphatic heterocycles. The van der Waals surface area contributed by atoms with Gasteiger partial charge in [0.2, 0.25) is 0 Å². The van der Waals surface area contributed by atoms with E-state index in [0.29, 0.717) is 6.10 Å². The van der Waals surface area contributed by atoms with E-state index in [0.717, 1.165) is 32.2 Å². The van der Waals surface area contributed by atoms with Crippen molar-refractivity contribution < 1.29 is 4.74 Å². The van der Waals surface area contributed by atoms with E-state index in [1.165, 1.54) is 12.8 Å². The monoisotopic (exact) mass is 200 g/mol. The van der Waals surface area contributed by atoms with Crippen LogP contribution in [0, 0.1) is 0 Å². The van der Waals surface area contributed by atoms with Gasteiger partial charge >= 0.3 is 0 Å². The third kappa shape index (κ3) is 3.56. The van der Waals surface area contributed by atoms with Gasteiger partial charge in [-0.2, -0.15) is 0 Å². The molecule has 2 atom stereocenters. The minimum Gasteiger partial charge on any atom is -0.378 e. The zero-order valence-electron chi connectivity index (χ0n) is 9.75. The lowest BCUT2D eigenvalue weighted by atomic mass is 10.0. The fourth-order valence-electron chi connectivity index (χ4n) is 2.02. The molecule has 0 aromatic heterocycles. The normalized spacial score (nSPS) is 28.3. The molecule has 0 aliphatic carbocycles. The average Bonchev–Trinajstić information content (AvgIpc) is 2.26. The minimum absolute atomic E-state index is 0.491. The van der Waals surface area contributed by atoms with Gasteiger partial charge < -0.3 is 15.0 Å². The zero-order valence-corrected chi connectivity index (χ0v) is 9.75. The largest absolute Gasteiger partial charge is 0.378 e. The summed E-state index contributed by atoms with van der Waals surface area (Å²) < 4.78 is 5.67. The maximum Gasteiger partial charge on any atom is 0.0587 e. The van der Waals surface area contributed by atoms with Gasteiger partial charge in [0.05, 0.1) is 6.10 Å². The number of nitrogens with one attached hydrogen (secondary N) is 1. The second-order valence-corrected chi connectivity index (χ2v) is 4.16. The Balaban J connectivity index is 2.27. The van der Waals surface area contributed by atoms with Gasteiger partial charge in [0, 0.05) is 25.7 Å². The van der Waals surface area contributed by atoms with Crippen LogP contribution in [0.3, 0.4) is 0 Å². The smallest absolute Gasteiger partial charge is 0.0587 e. The van der Waals surface area contributed by atoms with Gasteiger partial charge in [-0.25, -0.2) is 0 Å². The Morgan fingerprint density at radius 2 is 2.29 bits per heavy atom. The van der Waals surface area contributed by atoms with Gasteiger partial charge in [0.15, 0.2) is 0 Å². The molecule has 0 aromatic carbocycles. The molecular formula is C11H24N2O. The molecule has 1 rings (SSSR count). The number of rotatable bonds is 5. The Labute approximate surface area is 87.8 Å². The van der Waals surface area contributed by atoms with Crippen molar-refractivity contribution in [3.8, 4) is 0 Å². The lowest BCUT2D eigenvalue weighted by Gasteiger charge is -2.35. The Kier molecular flexibility index (Phi) is 5.45. The Morgan fingerprint density at radius 1 is 1.50 bits per heavy atom. The third-order valence-corrected chi connectivity index (χ3v) is 3.13. The molecule has 0 aromatic rings. The molecule has 0 saturated carbocycles. The second-order valence-electron chi connectivity index (χ2n) is 4.16.